The van der Waals surface area contributed by atoms with Crippen LogP contribution in [-0.2, 0) is 19.1 Å². The van der Waals surface area contributed by atoms with Crippen molar-refractivity contribution in [3.05, 3.63) is 25.3 Å². The number of hydrogen-bond donors (Lipinski definition) is 2. The van der Waals surface area contributed by atoms with Crippen molar-refractivity contribution in [1.29, 1.82) is 0 Å². The Hall–Kier alpha value is -1.66. The molecule has 0 heterocycles. The summed E-state index contributed by atoms with van der Waals surface area (Å²) in [5.74, 6) is -1.07. The van der Waals surface area contributed by atoms with Gasteiger partial charge in [0, 0.05) is 12.2 Å². The Balaban J connectivity index is 0. The molecule has 0 aliphatic rings. The van der Waals surface area contributed by atoms with Crippen LogP contribution in [0, 0.1) is 0 Å². The number of hydrogen-bond acceptors (Lipinski definition) is 6. The number of carbonyl (C=O) groups excluding carboxylic acids is 2. The van der Waals surface area contributed by atoms with Crippen LogP contribution in [-0.4, -0.2) is 48.6 Å². The predicted molar refractivity (Wildman–Crippen MR) is 56.5 cm³/mol. The molecule has 0 saturated heterocycles. The van der Waals surface area contributed by atoms with E-state index in [-0.39, 0.29) is 26.4 Å². The summed E-state index contributed by atoms with van der Waals surface area (Å²) < 4.78 is 9.04. The molecule has 0 fully saturated rings. The van der Waals surface area contributed by atoms with E-state index in [1.807, 2.05) is 0 Å². The van der Waals surface area contributed by atoms with Crippen LogP contribution in [0.4, 0.5) is 0 Å². The highest BCUT2D eigenvalue weighted by molar-refractivity contribution is 5.81. The second-order valence-electron chi connectivity index (χ2n) is 2.19. The molecule has 2 N–H and O–H groups in total. The highest BCUT2D eigenvalue weighted by Gasteiger charge is 1.97. The molecule has 0 unspecified atom stereocenters. The highest BCUT2D eigenvalue weighted by Crippen LogP contribution is 1.82. The van der Waals surface area contributed by atoms with Gasteiger partial charge in [-0.05, 0) is 0 Å². The summed E-state index contributed by atoms with van der Waals surface area (Å²) in [5.41, 5.74) is 0. The third kappa shape index (κ3) is 14.8. The second kappa shape index (κ2) is 13.3. The summed E-state index contributed by atoms with van der Waals surface area (Å²) in [5, 5.41) is 15.2. The van der Waals surface area contributed by atoms with Gasteiger partial charge in [0.2, 0.25) is 0 Å². The van der Waals surface area contributed by atoms with Crippen LogP contribution in [0.15, 0.2) is 25.3 Å². The van der Waals surface area contributed by atoms with Crippen molar-refractivity contribution in [2.24, 2.45) is 0 Å². The van der Waals surface area contributed by atoms with Gasteiger partial charge in [0.05, 0.1) is 13.2 Å². The lowest BCUT2D eigenvalue weighted by atomic mass is 10.6. The fourth-order valence-corrected chi connectivity index (χ4v) is 0.402. The molecule has 6 nitrogen and oxygen atoms in total. The van der Waals surface area contributed by atoms with Gasteiger partial charge >= 0.3 is 11.9 Å². The first kappa shape index (κ1) is 16.8. The topological polar surface area (TPSA) is 93.1 Å². The molecule has 0 aromatic carbocycles. The quantitative estimate of drug-likeness (QED) is 0.361. The lowest BCUT2D eigenvalue weighted by Gasteiger charge is -2.01. The van der Waals surface area contributed by atoms with Crippen LogP contribution in [0.5, 0.6) is 0 Å². The van der Waals surface area contributed by atoms with Crippen molar-refractivity contribution in [3.63, 3.8) is 0 Å². The molecule has 0 aliphatic carbocycles. The van der Waals surface area contributed by atoms with Gasteiger partial charge in [0.15, 0.2) is 0 Å². The van der Waals surface area contributed by atoms with Crippen LogP contribution in [0.25, 0.3) is 0 Å². The van der Waals surface area contributed by atoms with Crippen molar-refractivity contribution in [1.82, 2.24) is 0 Å². The van der Waals surface area contributed by atoms with E-state index in [0.717, 1.165) is 12.2 Å². The molecule has 0 aromatic rings. The molecule has 0 aromatic heterocycles. The van der Waals surface area contributed by atoms with Crippen LogP contribution in [0.3, 0.4) is 0 Å². The van der Waals surface area contributed by atoms with E-state index in [4.69, 9.17) is 10.2 Å². The number of rotatable bonds is 6. The number of aliphatic hydroxyl groups excluding tert-OH is 2. The largest absolute Gasteiger partial charge is 0.459 e. The average Bonchev–Trinajstić information content (AvgIpc) is 2.34. The molecule has 0 bridgehead atoms. The fraction of sp³-hybridized carbons (Fsp3) is 0.400. The number of ether oxygens (including phenoxy) is 2. The highest BCUT2D eigenvalue weighted by atomic mass is 16.6. The maximum absolute atomic E-state index is 10.4. The molecule has 16 heavy (non-hydrogen) atoms. The second-order valence-corrected chi connectivity index (χ2v) is 2.19. The maximum atomic E-state index is 10.4. The van der Waals surface area contributed by atoms with Crippen molar-refractivity contribution in [2.45, 2.75) is 0 Å². The first-order chi connectivity index (χ1) is 7.62. The lowest BCUT2D eigenvalue weighted by molar-refractivity contribution is -0.146. The maximum Gasteiger partial charge on any atom is 0.330 e. The summed E-state index contributed by atoms with van der Waals surface area (Å²) in [6, 6.07) is 0. The zero-order valence-corrected chi connectivity index (χ0v) is 8.92. The van der Waals surface area contributed by atoms with Crippen molar-refractivity contribution in [3.8, 4) is 0 Å². The smallest absolute Gasteiger partial charge is 0.330 e. The Kier molecular flexibility index (Phi) is 14.0. The zero-order chi connectivity index (χ0) is 12.8. The van der Waals surface area contributed by atoms with Gasteiger partial charge < -0.3 is 19.7 Å². The molecule has 0 rings (SSSR count). The predicted octanol–water partition coefficient (Wildman–Crippen LogP) is -0.584. The average molecular weight is 232 g/mol. The first-order valence-corrected chi connectivity index (χ1v) is 4.42. The fourth-order valence-electron chi connectivity index (χ4n) is 0.402. The van der Waals surface area contributed by atoms with Crippen LogP contribution >= 0.6 is 0 Å². The lowest BCUT2D eigenvalue weighted by Crippen LogP contribution is -2.10. The number of aliphatic hydroxyl groups is 2. The molecule has 0 saturated carbocycles. The molecule has 6 heteroatoms. The monoisotopic (exact) mass is 232 g/mol. The Bertz CT molecular complexity index is 199. The Labute approximate surface area is 93.8 Å². The molecule has 0 amide bonds. The Morgan fingerprint density at radius 2 is 1.25 bits per heavy atom. The van der Waals surface area contributed by atoms with E-state index in [0.29, 0.717) is 0 Å². The summed E-state index contributed by atoms with van der Waals surface area (Å²) >= 11 is 0. The molecule has 0 radical (unpaired) electrons. The number of esters is 2. The van der Waals surface area contributed by atoms with E-state index in [2.05, 4.69) is 22.6 Å². The molecule has 0 spiro atoms. The van der Waals surface area contributed by atoms with Gasteiger partial charge in [-0.1, -0.05) is 13.2 Å². The minimum absolute atomic E-state index is 0.0322. The summed E-state index contributed by atoms with van der Waals surface area (Å²) in [7, 11) is 0. The molecule has 92 valence electrons. The zero-order valence-electron chi connectivity index (χ0n) is 8.92. The minimum atomic E-state index is -0.537. The van der Waals surface area contributed by atoms with Gasteiger partial charge in [-0.15, -0.1) is 0 Å². The summed E-state index contributed by atoms with van der Waals surface area (Å²) in [6.07, 6.45) is 2.07. The molecular formula is C10H16O6. The third-order valence-corrected chi connectivity index (χ3v) is 1.01. The van der Waals surface area contributed by atoms with E-state index in [1.54, 1.807) is 0 Å². The summed E-state index contributed by atoms with van der Waals surface area (Å²) in [6.45, 7) is 6.20. The normalized spacial score (nSPS) is 8.12. The molecule has 0 aliphatic heterocycles. The van der Waals surface area contributed by atoms with Gasteiger partial charge in [-0.2, -0.15) is 0 Å². The van der Waals surface area contributed by atoms with Gasteiger partial charge in [-0.25, -0.2) is 9.59 Å². The SMILES string of the molecule is C=CC(=O)OCCOC(=O)C=C.OCCO. The van der Waals surface area contributed by atoms with Crippen molar-refractivity contribution in [2.75, 3.05) is 26.4 Å². The standard InChI is InChI=1S/C8H10O4.C2H6O2/c1-3-7(9)11-5-6-12-8(10)4-2;3-1-2-4/h3-4H,1-2,5-6H2;3-4H,1-2H2. The first-order valence-electron chi connectivity index (χ1n) is 4.42. The Morgan fingerprint density at radius 3 is 1.44 bits per heavy atom. The van der Waals surface area contributed by atoms with Crippen molar-refractivity contribution >= 4 is 11.9 Å². The van der Waals surface area contributed by atoms with Crippen LogP contribution < -0.4 is 0 Å². The Morgan fingerprint density at radius 1 is 0.938 bits per heavy atom. The van der Waals surface area contributed by atoms with Gasteiger partial charge in [0.1, 0.15) is 13.2 Å². The number of carbonyl (C=O) groups is 2. The van der Waals surface area contributed by atoms with Crippen LogP contribution in [0.1, 0.15) is 0 Å². The van der Waals surface area contributed by atoms with Gasteiger partial charge in [0.25, 0.3) is 0 Å². The summed E-state index contributed by atoms with van der Waals surface area (Å²) in [4.78, 5) is 20.9. The minimum Gasteiger partial charge on any atom is -0.459 e. The van der Waals surface area contributed by atoms with E-state index >= 15 is 0 Å². The van der Waals surface area contributed by atoms with Gasteiger partial charge in [-0.3, -0.25) is 0 Å². The van der Waals surface area contributed by atoms with E-state index in [9.17, 15) is 9.59 Å². The molecular weight excluding hydrogens is 216 g/mol. The van der Waals surface area contributed by atoms with Crippen molar-refractivity contribution < 1.29 is 29.3 Å². The molecule has 0 atom stereocenters. The van der Waals surface area contributed by atoms with Crippen LogP contribution in [0.2, 0.25) is 0 Å². The third-order valence-electron chi connectivity index (χ3n) is 1.01. The van der Waals surface area contributed by atoms with E-state index in [1.165, 1.54) is 0 Å². The van der Waals surface area contributed by atoms with E-state index < -0.39 is 11.9 Å².